The molecule has 1 unspecified atom stereocenters. The molecule has 0 aliphatic carbocycles. The first-order valence-electron chi connectivity index (χ1n) is 5.14. The van der Waals surface area contributed by atoms with Crippen LogP contribution in [0.3, 0.4) is 0 Å². The molecule has 16 heavy (non-hydrogen) atoms. The summed E-state index contributed by atoms with van der Waals surface area (Å²) in [6.45, 7) is 3.31. The van der Waals surface area contributed by atoms with E-state index in [1.807, 2.05) is 31.2 Å². The van der Waals surface area contributed by atoms with Gasteiger partial charge in [0.15, 0.2) is 0 Å². The molecule has 0 aromatic heterocycles. The summed E-state index contributed by atoms with van der Waals surface area (Å²) in [4.78, 5) is 2.75. The Morgan fingerprint density at radius 3 is 2.69 bits per heavy atom. The van der Waals surface area contributed by atoms with Gasteiger partial charge in [-0.25, -0.2) is 0 Å². The monoisotopic (exact) mass is 220 g/mol. The first-order chi connectivity index (χ1) is 7.76. The van der Waals surface area contributed by atoms with Crippen LogP contribution in [0.25, 0.3) is 10.4 Å². The molecule has 1 N–H and O–H groups in total. The molecular formula is C11H16N4O. The molecule has 0 saturated heterocycles. The lowest BCUT2D eigenvalue weighted by atomic mass is 10.2. The van der Waals surface area contributed by atoms with E-state index >= 15 is 0 Å². The van der Waals surface area contributed by atoms with Gasteiger partial charge in [0.1, 0.15) is 5.75 Å². The van der Waals surface area contributed by atoms with Crippen molar-refractivity contribution < 1.29 is 4.74 Å². The molecular weight excluding hydrogens is 204 g/mol. The van der Waals surface area contributed by atoms with Gasteiger partial charge in [-0.2, -0.15) is 0 Å². The van der Waals surface area contributed by atoms with Crippen LogP contribution in [0, 0.1) is 0 Å². The lowest BCUT2D eigenvalue weighted by Crippen LogP contribution is -2.22. The Kier molecular flexibility index (Phi) is 5.19. The number of hydrogen-bond acceptors (Lipinski definition) is 3. The maximum Gasteiger partial charge on any atom is 0.118 e. The van der Waals surface area contributed by atoms with Gasteiger partial charge in [-0.1, -0.05) is 24.2 Å². The molecule has 0 spiro atoms. The molecule has 0 saturated carbocycles. The third-order valence-electron chi connectivity index (χ3n) is 2.18. The molecule has 0 radical (unpaired) electrons. The maximum atomic E-state index is 8.23. The van der Waals surface area contributed by atoms with Crippen molar-refractivity contribution in [3.05, 3.63) is 40.3 Å². The summed E-state index contributed by atoms with van der Waals surface area (Å²) >= 11 is 0. The van der Waals surface area contributed by atoms with Crippen molar-refractivity contribution in [1.82, 2.24) is 5.32 Å². The first-order valence-corrected chi connectivity index (χ1v) is 5.14. The number of ether oxygens (including phenoxy) is 1. The van der Waals surface area contributed by atoms with E-state index in [2.05, 4.69) is 15.3 Å². The molecule has 1 atom stereocenters. The minimum atomic E-state index is -0.0248. The largest absolute Gasteiger partial charge is 0.497 e. The quantitative estimate of drug-likeness (QED) is 0.454. The highest BCUT2D eigenvalue weighted by Crippen LogP contribution is 2.10. The SMILES string of the molecule is COc1ccc(CNCC(C)N=[N+]=[N-])cc1. The van der Waals surface area contributed by atoms with Gasteiger partial charge >= 0.3 is 0 Å². The summed E-state index contributed by atoms with van der Waals surface area (Å²) in [5.74, 6) is 0.853. The van der Waals surface area contributed by atoms with Gasteiger partial charge in [-0.05, 0) is 23.2 Å². The van der Waals surface area contributed by atoms with E-state index in [4.69, 9.17) is 10.3 Å². The normalized spacial score (nSPS) is 11.6. The Hall–Kier alpha value is -1.71. The Morgan fingerprint density at radius 2 is 2.12 bits per heavy atom. The molecule has 5 nitrogen and oxygen atoms in total. The van der Waals surface area contributed by atoms with Crippen LogP contribution in [0.1, 0.15) is 12.5 Å². The molecule has 1 aromatic rings. The van der Waals surface area contributed by atoms with Gasteiger partial charge in [0.2, 0.25) is 0 Å². The molecule has 0 amide bonds. The van der Waals surface area contributed by atoms with Gasteiger partial charge < -0.3 is 10.1 Å². The third-order valence-corrected chi connectivity index (χ3v) is 2.18. The molecule has 1 aromatic carbocycles. The smallest absolute Gasteiger partial charge is 0.118 e. The van der Waals surface area contributed by atoms with Gasteiger partial charge in [0.25, 0.3) is 0 Å². The average molecular weight is 220 g/mol. The van der Waals surface area contributed by atoms with E-state index in [9.17, 15) is 0 Å². The van der Waals surface area contributed by atoms with Crippen LogP contribution in [0.2, 0.25) is 0 Å². The maximum absolute atomic E-state index is 8.23. The topological polar surface area (TPSA) is 70.0 Å². The summed E-state index contributed by atoms with van der Waals surface area (Å²) in [6.07, 6.45) is 0. The summed E-state index contributed by atoms with van der Waals surface area (Å²) in [6, 6.07) is 7.83. The highest BCUT2D eigenvalue weighted by molar-refractivity contribution is 5.26. The third kappa shape index (κ3) is 4.21. The Bertz CT molecular complexity index is 357. The van der Waals surface area contributed by atoms with Crippen LogP contribution in [0.4, 0.5) is 0 Å². The van der Waals surface area contributed by atoms with Crippen molar-refractivity contribution >= 4 is 0 Å². The van der Waals surface area contributed by atoms with Crippen LogP contribution in [0.5, 0.6) is 5.75 Å². The highest BCUT2D eigenvalue weighted by atomic mass is 16.5. The molecule has 0 heterocycles. The molecule has 0 aliphatic heterocycles. The standard InChI is InChI=1S/C11H16N4O/c1-9(14-15-12)7-13-8-10-3-5-11(16-2)6-4-10/h3-6,9,13H,7-8H2,1-2H3. The van der Waals surface area contributed by atoms with Crippen molar-refractivity contribution in [3.63, 3.8) is 0 Å². The fourth-order valence-corrected chi connectivity index (χ4v) is 1.30. The lowest BCUT2D eigenvalue weighted by molar-refractivity contribution is 0.414. The zero-order chi connectivity index (χ0) is 11.8. The van der Waals surface area contributed by atoms with E-state index in [1.165, 1.54) is 5.56 Å². The predicted octanol–water partition coefficient (Wildman–Crippen LogP) is 2.48. The second kappa shape index (κ2) is 6.71. The summed E-state index contributed by atoms with van der Waals surface area (Å²) in [7, 11) is 1.65. The number of benzene rings is 1. The summed E-state index contributed by atoms with van der Waals surface area (Å²) in [5.41, 5.74) is 9.40. The van der Waals surface area contributed by atoms with Gasteiger partial charge in [-0.3, -0.25) is 0 Å². The number of nitrogens with zero attached hydrogens (tertiary/aromatic N) is 3. The minimum Gasteiger partial charge on any atom is -0.497 e. The van der Waals surface area contributed by atoms with E-state index in [0.717, 1.165) is 12.3 Å². The van der Waals surface area contributed by atoms with Gasteiger partial charge in [0, 0.05) is 24.0 Å². The number of hydrogen-bond donors (Lipinski definition) is 1. The van der Waals surface area contributed by atoms with Crippen LogP contribution in [-0.4, -0.2) is 19.7 Å². The van der Waals surface area contributed by atoms with Crippen LogP contribution in [0.15, 0.2) is 29.4 Å². The summed E-state index contributed by atoms with van der Waals surface area (Å²) in [5, 5.41) is 6.80. The fourth-order valence-electron chi connectivity index (χ4n) is 1.30. The minimum absolute atomic E-state index is 0.0248. The fraction of sp³-hybridized carbons (Fsp3) is 0.455. The number of nitrogens with one attached hydrogen (secondary N) is 1. The van der Waals surface area contributed by atoms with Crippen molar-refractivity contribution in [2.24, 2.45) is 5.11 Å². The molecule has 0 fully saturated rings. The van der Waals surface area contributed by atoms with Crippen LogP contribution >= 0.6 is 0 Å². The summed E-state index contributed by atoms with van der Waals surface area (Å²) < 4.78 is 5.07. The van der Waals surface area contributed by atoms with Crippen molar-refractivity contribution in [1.29, 1.82) is 0 Å². The second-order valence-electron chi connectivity index (χ2n) is 3.53. The van der Waals surface area contributed by atoms with E-state index in [0.29, 0.717) is 6.54 Å². The van der Waals surface area contributed by atoms with Crippen LogP contribution < -0.4 is 10.1 Å². The van der Waals surface area contributed by atoms with Crippen LogP contribution in [-0.2, 0) is 6.54 Å². The lowest BCUT2D eigenvalue weighted by Gasteiger charge is -2.07. The Balaban J connectivity index is 2.34. The first kappa shape index (κ1) is 12.4. The average Bonchev–Trinajstić information content (AvgIpc) is 2.30. The predicted molar refractivity (Wildman–Crippen MR) is 63.3 cm³/mol. The number of azide groups is 1. The van der Waals surface area contributed by atoms with Gasteiger partial charge in [-0.15, -0.1) is 0 Å². The molecule has 86 valence electrons. The second-order valence-corrected chi connectivity index (χ2v) is 3.53. The van der Waals surface area contributed by atoms with Crippen molar-refractivity contribution in [2.75, 3.05) is 13.7 Å². The van der Waals surface area contributed by atoms with E-state index in [1.54, 1.807) is 7.11 Å². The van der Waals surface area contributed by atoms with Crippen molar-refractivity contribution in [3.8, 4) is 5.75 Å². The van der Waals surface area contributed by atoms with Gasteiger partial charge in [0.05, 0.1) is 7.11 Å². The number of methoxy groups -OCH3 is 1. The van der Waals surface area contributed by atoms with E-state index in [-0.39, 0.29) is 6.04 Å². The Morgan fingerprint density at radius 1 is 1.44 bits per heavy atom. The zero-order valence-electron chi connectivity index (χ0n) is 9.55. The molecule has 5 heteroatoms. The molecule has 0 aliphatic rings. The zero-order valence-corrected chi connectivity index (χ0v) is 9.55. The van der Waals surface area contributed by atoms with Crippen molar-refractivity contribution in [2.45, 2.75) is 19.5 Å². The highest BCUT2D eigenvalue weighted by Gasteiger charge is 1.98. The van der Waals surface area contributed by atoms with E-state index < -0.39 is 0 Å². The Labute approximate surface area is 95.1 Å². The molecule has 0 bridgehead atoms. The number of rotatable bonds is 6. The molecule has 1 rings (SSSR count).